The number of hydrogen-bond donors (Lipinski definition) is 2. The second kappa shape index (κ2) is 4.84. The zero-order valence-electron chi connectivity index (χ0n) is 8.96. The minimum Gasteiger partial charge on any atom is -0.506 e. The minimum atomic E-state index is -0.631. The van der Waals surface area contributed by atoms with E-state index in [-0.39, 0.29) is 11.3 Å². The Hall–Kier alpha value is -2.07. The van der Waals surface area contributed by atoms with Crippen molar-refractivity contribution in [1.82, 2.24) is 0 Å². The van der Waals surface area contributed by atoms with Crippen molar-refractivity contribution in [2.24, 2.45) is 5.73 Å². The molecule has 0 fully saturated rings. The Morgan fingerprint density at radius 3 is 2.71 bits per heavy atom. The van der Waals surface area contributed by atoms with E-state index in [4.69, 9.17) is 5.73 Å². The van der Waals surface area contributed by atoms with Crippen LogP contribution in [0.1, 0.15) is 20.8 Å². The molecular formula is C13H11NO2S. The van der Waals surface area contributed by atoms with Crippen molar-refractivity contribution in [2.45, 2.75) is 0 Å². The number of thiophene rings is 1. The summed E-state index contributed by atoms with van der Waals surface area (Å²) in [6.07, 6.45) is 3.64. The van der Waals surface area contributed by atoms with Crippen LogP contribution < -0.4 is 5.73 Å². The first-order valence-corrected chi connectivity index (χ1v) is 5.90. The van der Waals surface area contributed by atoms with Crippen LogP contribution in [-0.4, -0.2) is 11.0 Å². The lowest BCUT2D eigenvalue weighted by molar-refractivity contribution is 0.0997. The summed E-state index contributed by atoms with van der Waals surface area (Å²) in [7, 11) is 0. The van der Waals surface area contributed by atoms with Crippen LogP contribution in [0.25, 0.3) is 12.2 Å². The Bertz CT molecular complexity index is 559. The number of carbonyl (C=O) groups excluding carboxylic acids is 1. The van der Waals surface area contributed by atoms with Gasteiger partial charge in [-0.05, 0) is 29.7 Å². The maximum Gasteiger partial charge on any atom is 0.252 e. The largest absolute Gasteiger partial charge is 0.506 e. The normalized spacial score (nSPS) is 10.8. The smallest absolute Gasteiger partial charge is 0.252 e. The maximum atomic E-state index is 11.0. The van der Waals surface area contributed by atoms with E-state index in [2.05, 4.69) is 0 Å². The van der Waals surface area contributed by atoms with Crippen molar-refractivity contribution in [3.8, 4) is 5.75 Å². The Morgan fingerprint density at radius 1 is 1.24 bits per heavy atom. The molecule has 0 aliphatic heterocycles. The van der Waals surface area contributed by atoms with E-state index in [0.29, 0.717) is 5.56 Å². The number of rotatable bonds is 3. The summed E-state index contributed by atoms with van der Waals surface area (Å²) in [5.41, 5.74) is 5.87. The average molecular weight is 245 g/mol. The molecule has 2 aromatic rings. The van der Waals surface area contributed by atoms with E-state index < -0.39 is 5.91 Å². The van der Waals surface area contributed by atoms with Crippen LogP contribution >= 0.6 is 11.3 Å². The Morgan fingerprint density at radius 2 is 2.06 bits per heavy atom. The van der Waals surface area contributed by atoms with E-state index in [1.165, 1.54) is 6.07 Å². The van der Waals surface area contributed by atoms with Crippen molar-refractivity contribution in [3.05, 3.63) is 51.7 Å². The molecule has 1 heterocycles. The lowest BCUT2D eigenvalue weighted by atomic mass is 10.1. The van der Waals surface area contributed by atoms with Crippen LogP contribution in [-0.2, 0) is 0 Å². The molecule has 1 amide bonds. The van der Waals surface area contributed by atoms with Gasteiger partial charge in [0.05, 0.1) is 5.56 Å². The first kappa shape index (κ1) is 11.4. The Balaban J connectivity index is 2.34. The van der Waals surface area contributed by atoms with Gasteiger partial charge in [0.25, 0.3) is 5.91 Å². The van der Waals surface area contributed by atoms with Crippen LogP contribution in [0.2, 0.25) is 0 Å². The van der Waals surface area contributed by atoms with Gasteiger partial charge in [-0.2, -0.15) is 0 Å². The van der Waals surface area contributed by atoms with Crippen LogP contribution in [0.4, 0.5) is 0 Å². The third-order valence-electron chi connectivity index (χ3n) is 2.30. The van der Waals surface area contributed by atoms with Gasteiger partial charge in [-0.1, -0.05) is 18.2 Å². The summed E-state index contributed by atoms with van der Waals surface area (Å²) >= 11 is 1.60. The third kappa shape index (κ3) is 2.54. The third-order valence-corrected chi connectivity index (χ3v) is 3.14. The van der Waals surface area contributed by atoms with Gasteiger partial charge in [-0.3, -0.25) is 4.79 Å². The molecule has 3 N–H and O–H groups in total. The number of benzene rings is 1. The second-order valence-corrected chi connectivity index (χ2v) is 4.44. The van der Waals surface area contributed by atoms with Crippen molar-refractivity contribution in [1.29, 1.82) is 0 Å². The molecule has 0 saturated carbocycles. The zero-order chi connectivity index (χ0) is 12.3. The molecule has 0 aliphatic carbocycles. The van der Waals surface area contributed by atoms with Gasteiger partial charge < -0.3 is 10.8 Å². The molecule has 0 spiro atoms. The molecule has 3 nitrogen and oxygen atoms in total. The van der Waals surface area contributed by atoms with Crippen molar-refractivity contribution < 1.29 is 9.90 Å². The number of hydrogen-bond acceptors (Lipinski definition) is 3. The number of para-hydroxylation sites is 1. The lowest BCUT2D eigenvalue weighted by Crippen LogP contribution is -2.11. The van der Waals surface area contributed by atoms with Crippen molar-refractivity contribution in [2.75, 3.05) is 0 Å². The Labute approximate surface area is 103 Å². The van der Waals surface area contributed by atoms with Gasteiger partial charge >= 0.3 is 0 Å². The highest BCUT2D eigenvalue weighted by Gasteiger charge is 2.09. The number of amides is 1. The van der Waals surface area contributed by atoms with Gasteiger partial charge in [0.2, 0.25) is 0 Å². The van der Waals surface area contributed by atoms with Gasteiger partial charge in [0, 0.05) is 10.4 Å². The first-order chi connectivity index (χ1) is 8.18. The summed E-state index contributed by atoms with van der Waals surface area (Å²) in [5, 5.41) is 11.8. The summed E-state index contributed by atoms with van der Waals surface area (Å²) in [4.78, 5) is 12.1. The lowest BCUT2D eigenvalue weighted by Gasteiger charge is -2.03. The standard InChI is InChI=1S/C13H11NO2S/c14-13(16)11-5-1-3-9(12(11)15)6-7-10-4-2-8-17-10/h1-8,15H,(H2,14,16)/b7-6+. The summed E-state index contributed by atoms with van der Waals surface area (Å²) in [6.45, 7) is 0. The molecule has 0 bridgehead atoms. The number of nitrogens with two attached hydrogens (primary N) is 1. The highest BCUT2D eigenvalue weighted by molar-refractivity contribution is 7.10. The number of aromatic hydroxyl groups is 1. The maximum absolute atomic E-state index is 11.0. The second-order valence-electron chi connectivity index (χ2n) is 3.46. The molecule has 17 heavy (non-hydrogen) atoms. The number of primary amides is 1. The fourth-order valence-corrected chi connectivity index (χ4v) is 2.07. The highest BCUT2D eigenvalue weighted by atomic mass is 32.1. The fraction of sp³-hybridized carbons (Fsp3) is 0. The van der Waals surface area contributed by atoms with E-state index >= 15 is 0 Å². The molecule has 0 atom stereocenters. The molecule has 0 unspecified atom stereocenters. The van der Waals surface area contributed by atoms with Crippen LogP contribution in [0.15, 0.2) is 35.7 Å². The van der Waals surface area contributed by atoms with Crippen molar-refractivity contribution >= 4 is 29.4 Å². The predicted octanol–water partition coefficient (Wildman–Crippen LogP) is 2.72. The van der Waals surface area contributed by atoms with Gasteiger partial charge in [0.1, 0.15) is 5.75 Å². The van der Waals surface area contributed by atoms with Crippen molar-refractivity contribution in [3.63, 3.8) is 0 Å². The molecule has 1 aromatic carbocycles. The van der Waals surface area contributed by atoms with Crippen LogP contribution in [0, 0.1) is 0 Å². The van der Waals surface area contributed by atoms with Crippen LogP contribution in [0.5, 0.6) is 5.75 Å². The zero-order valence-corrected chi connectivity index (χ0v) is 9.78. The highest BCUT2D eigenvalue weighted by Crippen LogP contribution is 2.24. The van der Waals surface area contributed by atoms with E-state index in [0.717, 1.165) is 4.88 Å². The summed E-state index contributed by atoms with van der Waals surface area (Å²) < 4.78 is 0. The summed E-state index contributed by atoms with van der Waals surface area (Å²) in [5.74, 6) is -0.707. The molecule has 1 aromatic heterocycles. The molecule has 0 saturated heterocycles. The fourth-order valence-electron chi connectivity index (χ4n) is 1.45. The summed E-state index contributed by atoms with van der Waals surface area (Å²) in [6, 6.07) is 8.83. The SMILES string of the molecule is NC(=O)c1cccc(/C=C/c2cccs2)c1O. The van der Waals surface area contributed by atoms with Crippen LogP contribution in [0.3, 0.4) is 0 Å². The van der Waals surface area contributed by atoms with Gasteiger partial charge in [-0.15, -0.1) is 11.3 Å². The topological polar surface area (TPSA) is 63.3 Å². The quantitative estimate of drug-likeness (QED) is 0.873. The van der Waals surface area contributed by atoms with E-state index in [1.807, 2.05) is 23.6 Å². The monoisotopic (exact) mass is 245 g/mol. The van der Waals surface area contributed by atoms with Gasteiger partial charge in [-0.25, -0.2) is 0 Å². The molecule has 0 radical (unpaired) electrons. The molecular weight excluding hydrogens is 234 g/mol. The number of phenols is 1. The first-order valence-electron chi connectivity index (χ1n) is 5.02. The molecule has 2 rings (SSSR count). The number of carbonyl (C=O) groups is 1. The molecule has 0 aliphatic rings. The van der Waals surface area contributed by atoms with Gasteiger partial charge in [0.15, 0.2) is 0 Å². The molecule has 4 heteroatoms. The van der Waals surface area contributed by atoms with E-state index in [1.54, 1.807) is 29.5 Å². The van der Waals surface area contributed by atoms with E-state index in [9.17, 15) is 9.90 Å². The predicted molar refractivity (Wildman–Crippen MR) is 69.9 cm³/mol. The Kier molecular flexibility index (Phi) is 3.25. The average Bonchev–Trinajstić information content (AvgIpc) is 2.80. The minimum absolute atomic E-state index is 0.0761. The molecule has 86 valence electrons.